The van der Waals surface area contributed by atoms with E-state index in [9.17, 15) is 0 Å². The predicted molar refractivity (Wildman–Crippen MR) is 61.1 cm³/mol. The van der Waals surface area contributed by atoms with Crippen LogP contribution in [0.25, 0.3) is 0 Å². The van der Waals surface area contributed by atoms with Crippen LogP contribution in [0.4, 0.5) is 0 Å². The molecule has 1 aromatic carbocycles. The lowest BCUT2D eigenvalue weighted by Gasteiger charge is -2.12. The highest BCUT2D eigenvalue weighted by molar-refractivity contribution is 9.10. The average Bonchev–Trinajstić information content (AvgIpc) is 2.14. The maximum atomic E-state index is 5.79. The minimum absolute atomic E-state index is 0.0594. The lowest BCUT2D eigenvalue weighted by Crippen LogP contribution is -2.08. The van der Waals surface area contributed by atoms with Crippen LogP contribution in [0.1, 0.15) is 18.5 Å². The van der Waals surface area contributed by atoms with Gasteiger partial charge in [-0.3, -0.25) is 0 Å². The minimum atomic E-state index is -0.0594. The highest BCUT2D eigenvalue weighted by Gasteiger charge is 2.07. The molecule has 0 aliphatic rings. The number of halogens is 1. The van der Waals surface area contributed by atoms with E-state index in [2.05, 4.69) is 21.9 Å². The fourth-order valence-corrected chi connectivity index (χ4v) is 1.47. The van der Waals surface area contributed by atoms with Gasteiger partial charge in [0.05, 0.1) is 0 Å². The summed E-state index contributed by atoms with van der Waals surface area (Å²) >= 11 is 3.36. The van der Waals surface area contributed by atoms with E-state index in [-0.39, 0.29) is 12.6 Å². The summed E-state index contributed by atoms with van der Waals surface area (Å²) in [4.78, 5) is 0. The first-order valence-corrected chi connectivity index (χ1v) is 5.05. The zero-order valence-electron chi connectivity index (χ0n) is 7.96. The second-order valence-electron chi connectivity index (χ2n) is 2.96. The molecule has 0 saturated carbocycles. The van der Waals surface area contributed by atoms with Gasteiger partial charge in [0.1, 0.15) is 12.4 Å². The Morgan fingerprint density at radius 3 is 2.93 bits per heavy atom. The van der Waals surface area contributed by atoms with E-state index in [1.54, 1.807) is 0 Å². The number of hydrogen-bond acceptors (Lipinski definition) is 2. The maximum Gasteiger partial charge on any atom is 0.148 e. The van der Waals surface area contributed by atoms with Gasteiger partial charge in [0, 0.05) is 16.1 Å². The van der Waals surface area contributed by atoms with Crippen LogP contribution in [0.3, 0.4) is 0 Å². The van der Waals surface area contributed by atoms with E-state index < -0.39 is 0 Å². The summed E-state index contributed by atoms with van der Waals surface area (Å²) < 4.78 is 6.34. The van der Waals surface area contributed by atoms with Gasteiger partial charge in [-0.15, -0.1) is 6.42 Å². The van der Waals surface area contributed by atoms with Crippen LogP contribution in [0.2, 0.25) is 0 Å². The molecule has 1 aromatic rings. The lowest BCUT2D eigenvalue weighted by molar-refractivity contribution is 0.364. The molecule has 3 heteroatoms. The van der Waals surface area contributed by atoms with Crippen LogP contribution < -0.4 is 10.5 Å². The van der Waals surface area contributed by atoms with Crippen LogP contribution in [-0.2, 0) is 0 Å². The molecule has 0 unspecified atom stereocenters. The van der Waals surface area contributed by atoms with Crippen molar-refractivity contribution in [2.45, 2.75) is 13.0 Å². The average molecular weight is 254 g/mol. The Hall–Kier alpha value is -0.980. The van der Waals surface area contributed by atoms with Gasteiger partial charge in [-0.25, -0.2) is 0 Å². The molecule has 2 nitrogen and oxygen atoms in total. The van der Waals surface area contributed by atoms with Crippen molar-refractivity contribution in [3.05, 3.63) is 28.2 Å². The van der Waals surface area contributed by atoms with Gasteiger partial charge >= 0.3 is 0 Å². The van der Waals surface area contributed by atoms with Gasteiger partial charge in [-0.05, 0) is 19.1 Å². The zero-order chi connectivity index (χ0) is 10.6. The first-order valence-electron chi connectivity index (χ1n) is 4.26. The van der Waals surface area contributed by atoms with Gasteiger partial charge in [-0.2, -0.15) is 0 Å². The SMILES string of the molecule is C#CCOc1cc(Br)ccc1[C@@H](C)N. The predicted octanol–water partition coefficient (Wildman–Crippen LogP) is 2.48. The fourth-order valence-electron chi connectivity index (χ4n) is 1.13. The van der Waals surface area contributed by atoms with Crippen LogP contribution in [0, 0.1) is 12.3 Å². The molecule has 0 spiro atoms. The molecule has 1 atom stereocenters. The van der Waals surface area contributed by atoms with Crippen LogP contribution in [0.15, 0.2) is 22.7 Å². The Bertz CT molecular complexity index is 355. The molecule has 1 rings (SSSR count). The standard InChI is InChI=1S/C11H12BrNO/c1-3-6-14-11-7-9(12)4-5-10(11)8(2)13/h1,4-5,7-8H,6,13H2,2H3/t8-/m1/s1. The third-order valence-electron chi connectivity index (χ3n) is 1.78. The highest BCUT2D eigenvalue weighted by Crippen LogP contribution is 2.27. The molecular weight excluding hydrogens is 242 g/mol. The summed E-state index contributed by atoms with van der Waals surface area (Å²) in [5, 5.41) is 0. The first-order chi connectivity index (χ1) is 6.65. The van der Waals surface area contributed by atoms with E-state index >= 15 is 0 Å². The van der Waals surface area contributed by atoms with Crippen molar-refractivity contribution in [3.63, 3.8) is 0 Å². The number of benzene rings is 1. The van der Waals surface area contributed by atoms with E-state index in [4.69, 9.17) is 16.9 Å². The number of nitrogens with two attached hydrogens (primary N) is 1. The second-order valence-corrected chi connectivity index (χ2v) is 3.88. The summed E-state index contributed by atoms with van der Waals surface area (Å²) in [6.45, 7) is 2.17. The lowest BCUT2D eigenvalue weighted by atomic mass is 10.1. The molecule has 0 heterocycles. The third-order valence-corrected chi connectivity index (χ3v) is 2.27. The summed E-state index contributed by atoms with van der Waals surface area (Å²) in [6.07, 6.45) is 5.12. The number of hydrogen-bond donors (Lipinski definition) is 1. The monoisotopic (exact) mass is 253 g/mol. The Balaban J connectivity index is 2.98. The fraction of sp³-hybridized carbons (Fsp3) is 0.273. The van der Waals surface area contributed by atoms with Crippen molar-refractivity contribution >= 4 is 15.9 Å². The van der Waals surface area contributed by atoms with Gasteiger partial charge in [0.25, 0.3) is 0 Å². The van der Waals surface area contributed by atoms with Gasteiger partial charge in [0.15, 0.2) is 0 Å². The smallest absolute Gasteiger partial charge is 0.148 e. The molecule has 0 fully saturated rings. The molecule has 0 radical (unpaired) electrons. The number of terminal acetylenes is 1. The molecule has 0 saturated heterocycles. The van der Waals surface area contributed by atoms with E-state index in [1.165, 1.54) is 0 Å². The van der Waals surface area contributed by atoms with Gasteiger partial charge in [0.2, 0.25) is 0 Å². The molecule has 0 aliphatic carbocycles. The van der Waals surface area contributed by atoms with Gasteiger partial charge in [-0.1, -0.05) is 27.9 Å². The number of ether oxygens (including phenoxy) is 1. The van der Waals surface area contributed by atoms with E-state index in [0.717, 1.165) is 15.8 Å². The van der Waals surface area contributed by atoms with Crippen LogP contribution in [0.5, 0.6) is 5.75 Å². The first kappa shape index (κ1) is 11.1. The molecular formula is C11H12BrNO. The van der Waals surface area contributed by atoms with E-state index in [1.807, 2.05) is 25.1 Å². The van der Waals surface area contributed by atoms with E-state index in [0.29, 0.717) is 0 Å². The molecule has 74 valence electrons. The molecule has 0 bridgehead atoms. The summed E-state index contributed by atoms with van der Waals surface area (Å²) in [5.41, 5.74) is 6.75. The topological polar surface area (TPSA) is 35.2 Å². The molecule has 14 heavy (non-hydrogen) atoms. The molecule has 0 amide bonds. The molecule has 2 N–H and O–H groups in total. The van der Waals surface area contributed by atoms with Crippen LogP contribution >= 0.6 is 15.9 Å². The second kappa shape index (κ2) is 5.04. The van der Waals surface area contributed by atoms with Crippen molar-refractivity contribution < 1.29 is 4.74 Å². The Morgan fingerprint density at radius 1 is 1.64 bits per heavy atom. The summed E-state index contributed by atoms with van der Waals surface area (Å²) in [6, 6.07) is 5.67. The Kier molecular flexibility index (Phi) is 3.99. The van der Waals surface area contributed by atoms with Crippen molar-refractivity contribution in [3.8, 4) is 18.1 Å². The van der Waals surface area contributed by atoms with Crippen molar-refractivity contribution in [2.24, 2.45) is 5.73 Å². The van der Waals surface area contributed by atoms with Crippen molar-refractivity contribution in [1.82, 2.24) is 0 Å². The maximum absolute atomic E-state index is 5.79. The molecule has 0 aromatic heterocycles. The Labute approximate surface area is 92.6 Å². The molecule has 0 aliphatic heterocycles. The van der Waals surface area contributed by atoms with Crippen molar-refractivity contribution in [1.29, 1.82) is 0 Å². The third kappa shape index (κ3) is 2.76. The largest absolute Gasteiger partial charge is 0.481 e. The number of rotatable bonds is 3. The minimum Gasteiger partial charge on any atom is -0.481 e. The summed E-state index contributed by atoms with van der Waals surface area (Å²) in [7, 11) is 0. The summed E-state index contributed by atoms with van der Waals surface area (Å²) in [5.74, 6) is 3.17. The normalized spacial score (nSPS) is 11.9. The Morgan fingerprint density at radius 2 is 2.36 bits per heavy atom. The quantitative estimate of drug-likeness (QED) is 0.841. The highest BCUT2D eigenvalue weighted by atomic mass is 79.9. The van der Waals surface area contributed by atoms with Gasteiger partial charge < -0.3 is 10.5 Å². The van der Waals surface area contributed by atoms with Crippen LogP contribution in [-0.4, -0.2) is 6.61 Å². The van der Waals surface area contributed by atoms with Crippen molar-refractivity contribution in [2.75, 3.05) is 6.61 Å². The zero-order valence-corrected chi connectivity index (χ0v) is 9.54.